The molecule has 6 heteroatoms. The van der Waals surface area contributed by atoms with E-state index in [4.69, 9.17) is 10.2 Å². The standard InChI is InChI=1S/C12H9BrN4O/c13-9-5-4-8(18-9)11-10(12(14)17-16-11)7-3-1-2-6-15-7/h1-6H,(H3,14,16,17). The topological polar surface area (TPSA) is 80.7 Å². The Bertz CT molecular complexity index is 674. The summed E-state index contributed by atoms with van der Waals surface area (Å²) in [7, 11) is 0. The van der Waals surface area contributed by atoms with Gasteiger partial charge in [0.05, 0.1) is 11.3 Å². The number of nitrogens with zero attached hydrogens (tertiary/aromatic N) is 2. The van der Waals surface area contributed by atoms with Crippen molar-refractivity contribution in [2.24, 2.45) is 0 Å². The number of nitrogen functional groups attached to an aromatic ring is 1. The molecule has 3 rings (SSSR count). The normalized spacial score (nSPS) is 10.7. The number of aromatic nitrogens is 3. The molecule has 0 saturated heterocycles. The summed E-state index contributed by atoms with van der Waals surface area (Å²) in [5.41, 5.74) is 8.10. The second kappa shape index (κ2) is 4.30. The van der Waals surface area contributed by atoms with Crippen molar-refractivity contribution in [3.8, 4) is 22.7 Å². The van der Waals surface area contributed by atoms with Crippen LogP contribution < -0.4 is 5.73 Å². The van der Waals surface area contributed by atoms with Gasteiger partial charge < -0.3 is 10.2 Å². The van der Waals surface area contributed by atoms with Gasteiger partial charge in [-0.15, -0.1) is 0 Å². The minimum atomic E-state index is 0.399. The molecule has 3 aromatic rings. The minimum Gasteiger partial charge on any atom is -0.448 e. The third-order valence-corrected chi connectivity index (χ3v) is 2.96. The van der Waals surface area contributed by atoms with Crippen LogP contribution in [-0.4, -0.2) is 15.2 Å². The van der Waals surface area contributed by atoms with E-state index in [2.05, 4.69) is 31.1 Å². The van der Waals surface area contributed by atoms with Crippen LogP contribution in [0.3, 0.4) is 0 Å². The zero-order valence-electron chi connectivity index (χ0n) is 9.22. The van der Waals surface area contributed by atoms with Crippen LogP contribution in [-0.2, 0) is 0 Å². The van der Waals surface area contributed by atoms with Crippen LogP contribution in [0, 0.1) is 0 Å². The second-order valence-electron chi connectivity index (χ2n) is 3.68. The number of nitrogens with two attached hydrogens (primary N) is 1. The van der Waals surface area contributed by atoms with Crippen molar-refractivity contribution >= 4 is 21.7 Å². The number of furan rings is 1. The summed E-state index contributed by atoms with van der Waals surface area (Å²) < 4.78 is 6.16. The molecule has 0 spiro atoms. The Hall–Kier alpha value is -2.08. The summed E-state index contributed by atoms with van der Waals surface area (Å²) >= 11 is 3.27. The summed E-state index contributed by atoms with van der Waals surface area (Å²) in [6, 6.07) is 9.28. The largest absolute Gasteiger partial charge is 0.448 e. The van der Waals surface area contributed by atoms with Gasteiger partial charge in [0.2, 0.25) is 0 Å². The lowest BCUT2D eigenvalue weighted by Gasteiger charge is -2.00. The average molecular weight is 305 g/mol. The molecule has 18 heavy (non-hydrogen) atoms. The number of aromatic amines is 1. The van der Waals surface area contributed by atoms with E-state index in [9.17, 15) is 0 Å². The third kappa shape index (κ3) is 1.80. The van der Waals surface area contributed by atoms with E-state index in [0.717, 1.165) is 17.0 Å². The summed E-state index contributed by atoms with van der Waals surface area (Å²) in [6.07, 6.45) is 1.71. The van der Waals surface area contributed by atoms with Crippen LogP contribution in [0.15, 0.2) is 45.6 Å². The number of hydrogen-bond acceptors (Lipinski definition) is 4. The van der Waals surface area contributed by atoms with E-state index in [1.807, 2.05) is 30.3 Å². The monoisotopic (exact) mass is 304 g/mol. The maximum atomic E-state index is 5.88. The van der Waals surface area contributed by atoms with Crippen LogP contribution in [0.5, 0.6) is 0 Å². The number of nitrogens with one attached hydrogen (secondary N) is 1. The van der Waals surface area contributed by atoms with Gasteiger partial charge in [-0.25, -0.2) is 0 Å². The van der Waals surface area contributed by atoms with Crippen molar-refractivity contribution in [1.82, 2.24) is 15.2 Å². The molecular formula is C12H9BrN4O. The van der Waals surface area contributed by atoms with Gasteiger partial charge in [0.15, 0.2) is 16.2 Å². The zero-order chi connectivity index (χ0) is 12.5. The fourth-order valence-corrected chi connectivity index (χ4v) is 2.06. The van der Waals surface area contributed by atoms with E-state index in [1.165, 1.54) is 0 Å². The first kappa shape index (κ1) is 11.0. The maximum absolute atomic E-state index is 5.88. The number of pyridine rings is 1. The number of H-pyrrole nitrogens is 1. The molecule has 3 N–H and O–H groups in total. The molecule has 0 aromatic carbocycles. The predicted molar refractivity (Wildman–Crippen MR) is 71.6 cm³/mol. The molecule has 0 aliphatic rings. The fraction of sp³-hybridized carbons (Fsp3) is 0. The Morgan fingerprint density at radius 2 is 2.11 bits per heavy atom. The SMILES string of the molecule is Nc1n[nH]c(-c2ccc(Br)o2)c1-c1ccccn1. The minimum absolute atomic E-state index is 0.399. The van der Waals surface area contributed by atoms with Gasteiger partial charge in [0, 0.05) is 6.20 Å². The fourth-order valence-electron chi connectivity index (χ4n) is 1.75. The van der Waals surface area contributed by atoms with Crippen LogP contribution in [0.1, 0.15) is 0 Å². The van der Waals surface area contributed by atoms with Crippen molar-refractivity contribution in [3.05, 3.63) is 41.2 Å². The van der Waals surface area contributed by atoms with Crippen molar-refractivity contribution in [2.45, 2.75) is 0 Å². The van der Waals surface area contributed by atoms with Gasteiger partial charge in [0.1, 0.15) is 5.69 Å². The average Bonchev–Trinajstić information content (AvgIpc) is 2.96. The Kier molecular flexibility index (Phi) is 2.64. The summed E-state index contributed by atoms with van der Waals surface area (Å²) in [5, 5.41) is 6.89. The number of halogens is 1. The highest BCUT2D eigenvalue weighted by Gasteiger charge is 2.17. The molecule has 0 fully saturated rings. The Morgan fingerprint density at radius 3 is 2.78 bits per heavy atom. The van der Waals surface area contributed by atoms with Crippen molar-refractivity contribution in [1.29, 1.82) is 0 Å². The van der Waals surface area contributed by atoms with Gasteiger partial charge in [0.25, 0.3) is 0 Å². The van der Waals surface area contributed by atoms with Crippen LogP contribution in [0.2, 0.25) is 0 Å². The van der Waals surface area contributed by atoms with Crippen molar-refractivity contribution in [2.75, 3.05) is 5.73 Å². The smallest absolute Gasteiger partial charge is 0.169 e. The molecular weight excluding hydrogens is 296 g/mol. The van der Waals surface area contributed by atoms with Gasteiger partial charge in [-0.1, -0.05) is 6.07 Å². The Balaban J connectivity index is 2.18. The number of anilines is 1. The lowest BCUT2D eigenvalue weighted by atomic mass is 10.1. The lowest BCUT2D eigenvalue weighted by molar-refractivity contribution is 0.553. The summed E-state index contributed by atoms with van der Waals surface area (Å²) in [4.78, 5) is 4.28. The van der Waals surface area contributed by atoms with Crippen LogP contribution >= 0.6 is 15.9 Å². The molecule has 0 aliphatic carbocycles. The first-order chi connectivity index (χ1) is 8.75. The third-order valence-electron chi connectivity index (χ3n) is 2.53. The predicted octanol–water partition coefficient (Wildman–Crippen LogP) is 3.08. The summed E-state index contributed by atoms with van der Waals surface area (Å²) in [5.74, 6) is 1.06. The Morgan fingerprint density at radius 1 is 1.22 bits per heavy atom. The Labute approximate surface area is 111 Å². The molecule has 90 valence electrons. The summed E-state index contributed by atoms with van der Waals surface area (Å²) in [6.45, 7) is 0. The van der Waals surface area contributed by atoms with Gasteiger partial charge in [-0.05, 0) is 40.2 Å². The first-order valence-corrected chi connectivity index (χ1v) is 6.06. The molecule has 0 aliphatic heterocycles. The second-order valence-corrected chi connectivity index (χ2v) is 4.46. The van der Waals surface area contributed by atoms with E-state index < -0.39 is 0 Å². The number of hydrogen-bond donors (Lipinski definition) is 2. The number of rotatable bonds is 2. The van der Waals surface area contributed by atoms with Gasteiger partial charge >= 0.3 is 0 Å². The zero-order valence-corrected chi connectivity index (χ0v) is 10.8. The van der Waals surface area contributed by atoms with Crippen LogP contribution in [0.4, 0.5) is 5.82 Å². The van der Waals surface area contributed by atoms with E-state index in [1.54, 1.807) is 6.20 Å². The molecule has 3 aromatic heterocycles. The molecule has 5 nitrogen and oxygen atoms in total. The van der Waals surface area contributed by atoms with Crippen LogP contribution in [0.25, 0.3) is 22.7 Å². The molecule has 0 unspecified atom stereocenters. The molecule has 0 radical (unpaired) electrons. The molecule has 0 bridgehead atoms. The highest BCUT2D eigenvalue weighted by atomic mass is 79.9. The molecule has 0 amide bonds. The molecule has 0 saturated carbocycles. The first-order valence-electron chi connectivity index (χ1n) is 5.26. The lowest BCUT2D eigenvalue weighted by Crippen LogP contribution is -1.90. The van der Waals surface area contributed by atoms with Crippen molar-refractivity contribution in [3.63, 3.8) is 0 Å². The van der Waals surface area contributed by atoms with Crippen molar-refractivity contribution < 1.29 is 4.42 Å². The van der Waals surface area contributed by atoms with E-state index in [-0.39, 0.29) is 0 Å². The highest BCUT2D eigenvalue weighted by molar-refractivity contribution is 9.10. The molecule has 3 heterocycles. The quantitative estimate of drug-likeness (QED) is 0.762. The highest BCUT2D eigenvalue weighted by Crippen LogP contribution is 2.34. The van der Waals surface area contributed by atoms with Gasteiger partial charge in [-0.3, -0.25) is 10.1 Å². The van der Waals surface area contributed by atoms with E-state index in [0.29, 0.717) is 16.2 Å². The van der Waals surface area contributed by atoms with Gasteiger partial charge in [-0.2, -0.15) is 5.10 Å². The van der Waals surface area contributed by atoms with E-state index >= 15 is 0 Å². The molecule has 0 atom stereocenters. The maximum Gasteiger partial charge on any atom is 0.169 e.